The lowest BCUT2D eigenvalue weighted by Gasteiger charge is -2.19. The van der Waals surface area contributed by atoms with E-state index in [-0.39, 0.29) is 5.84 Å². The molecule has 0 amide bonds. The molecule has 3 N–H and O–H groups in total. The summed E-state index contributed by atoms with van der Waals surface area (Å²) in [7, 11) is 1.90. The predicted octanol–water partition coefficient (Wildman–Crippen LogP) is 1.16. The minimum absolute atomic E-state index is 0.00669. The molecular weight excluding hydrogens is 248 g/mol. The number of hydrogen-bond acceptors (Lipinski definition) is 6. The number of rotatable bonds is 4. The van der Waals surface area contributed by atoms with Gasteiger partial charge in [-0.2, -0.15) is 5.10 Å². The Morgan fingerprint density at radius 1 is 1.56 bits per heavy atom. The number of hydrogen-bond donors (Lipinski definition) is 2. The molecule has 2 rings (SSSR count). The van der Waals surface area contributed by atoms with Crippen LogP contribution in [-0.2, 0) is 6.54 Å². The molecule has 0 fully saturated rings. The third-order valence-electron chi connectivity index (χ3n) is 2.58. The Morgan fingerprint density at radius 3 is 2.94 bits per heavy atom. The van der Waals surface area contributed by atoms with Gasteiger partial charge in [0.1, 0.15) is 5.84 Å². The van der Waals surface area contributed by atoms with E-state index >= 15 is 0 Å². The van der Waals surface area contributed by atoms with Gasteiger partial charge in [0.25, 0.3) is 0 Å². The van der Waals surface area contributed by atoms with Gasteiger partial charge in [-0.25, -0.2) is 4.98 Å². The van der Waals surface area contributed by atoms with Gasteiger partial charge in [-0.3, -0.25) is 5.41 Å². The highest BCUT2D eigenvalue weighted by Crippen LogP contribution is 2.20. The Morgan fingerprint density at radius 2 is 2.33 bits per heavy atom. The lowest BCUT2D eigenvalue weighted by molar-refractivity contribution is 0.866. The van der Waals surface area contributed by atoms with Crippen LogP contribution in [0.4, 0.5) is 5.82 Å². The molecule has 0 aliphatic rings. The smallest absolute Gasteiger partial charge is 0.162 e. The van der Waals surface area contributed by atoms with Crippen molar-refractivity contribution in [2.75, 3.05) is 11.9 Å². The molecule has 0 aliphatic heterocycles. The van der Waals surface area contributed by atoms with Crippen molar-refractivity contribution in [3.8, 4) is 0 Å². The number of aromatic nitrogens is 3. The molecule has 2 aromatic rings. The highest BCUT2D eigenvalue weighted by Gasteiger charge is 2.13. The number of aryl methyl sites for hydroxylation is 1. The fourth-order valence-electron chi connectivity index (χ4n) is 1.58. The minimum atomic E-state index is -0.00669. The van der Waals surface area contributed by atoms with Gasteiger partial charge >= 0.3 is 0 Å². The third kappa shape index (κ3) is 2.45. The summed E-state index contributed by atoms with van der Waals surface area (Å²) in [5.74, 6) is 0.602. The summed E-state index contributed by atoms with van der Waals surface area (Å²) in [4.78, 5) is 7.30. The van der Waals surface area contributed by atoms with E-state index in [1.807, 2.05) is 24.4 Å². The average molecular weight is 262 g/mol. The summed E-state index contributed by atoms with van der Waals surface area (Å²) in [6.07, 6.45) is 1.53. The zero-order chi connectivity index (χ0) is 13.1. The number of nitrogens with one attached hydrogen (secondary N) is 1. The number of thiazole rings is 1. The van der Waals surface area contributed by atoms with Gasteiger partial charge in [-0.05, 0) is 13.0 Å². The SMILES string of the molecule is Cc1ncsc1CN(C)c1nnccc1C(=N)N. The van der Waals surface area contributed by atoms with Crippen LogP contribution in [-0.4, -0.2) is 28.1 Å². The van der Waals surface area contributed by atoms with Crippen LogP contribution in [0.5, 0.6) is 0 Å². The first kappa shape index (κ1) is 12.4. The monoisotopic (exact) mass is 262 g/mol. The lowest BCUT2D eigenvalue weighted by atomic mass is 10.2. The predicted molar refractivity (Wildman–Crippen MR) is 72.0 cm³/mol. The summed E-state index contributed by atoms with van der Waals surface area (Å²) in [5, 5.41) is 15.4. The summed E-state index contributed by atoms with van der Waals surface area (Å²) >= 11 is 1.60. The molecule has 7 heteroatoms. The fourth-order valence-corrected chi connectivity index (χ4v) is 2.41. The van der Waals surface area contributed by atoms with E-state index < -0.39 is 0 Å². The summed E-state index contributed by atoms with van der Waals surface area (Å²) in [6.45, 7) is 2.65. The zero-order valence-electron chi connectivity index (χ0n) is 10.2. The van der Waals surface area contributed by atoms with E-state index in [0.717, 1.165) is 10.6 Å². The second kappa shape index (κ2) is 5.09. The van der Waals surface area contributed by atoms with Crippen LogP contribution in [0.2, 0.25) is 0 Å². The molecule has 6 nitrogen and oxygen atoms in total. The van der Waals surface area contributed by atoms with Crippen molar-refractivity contribution >= 4 is 23.0 Å². The van der Waals surface area contributed by atoms with Crippen molar-refractivity contribution < 1.29 is 0 Å². The van der Waals surface area contributed by atoms with E-state index in [9.17, 15) is 0 Å². The molecular formula is C11H14N6S. The van der Waals surface area contributed by atoms with Gasteiger partial charge in [0.15, 0.2) is 5.82 Å². The molecule has 2 heterocycles. The largest absolute Gasteiger partial charge is 0.384 e. The van der Waals surface area contributed by atoms with Gasteiger partial charge < -0.3 is 10.6 Å². The molecule has 18 heavy (non-hydrogen) atoms. The summed E-state index contributed by atoms with van der Waals surface area (Å²) < 4.78 is 0. The van der Waals surface area contributed by atoms with Crippen molar-refractivity contribution in [2.45, 2.75) is 13.5 Å². The second-order valence-corrected chi connectivity index (χ2v) is 4.84. The maximum Gasteiger partial charge on any atom is 0.162 e. The maximum absolute atomic E-state index is 7.54. The maximum atomic E-state index is 7.54. The van der Waals surface area contributed by atoms with Crippen LogP contribution in [0, 0.1) is 12.3 Å². The van der Waals surface area contributed by atoms with E-state index in [1.54, 1.807) is 17.4 Å². The fraction of sp³-hybridized carbons (Fsp3) is 0.273. The molecule has 0 atom stereocenters. The van der Waals surface area contributed by atoms with Crippen molar-refractivity contribution in [1.82, 2.24) is 15.2 Å². The van der Waals surface area contributed by atoms with E-state index in [1.165, 1.54) is 6.20 Å². The average Bonchev–Trinajstić information content (AvgIpc) is 2.75. The quantitative estimate of drug-likeness (QED) is 0.637. The van der Waals surface area contributed by atoms with Gasteiger partial charge in [0.05, 0.1) is 29.5 Å². The third-order valence-corrected chi connectivity index (χ3v) is 3.50. The van der Waals surface area contributed by atoms with Crippen LogP contribution in [0.3, 0.4) is 0 Å². The van der Waals surface area contributed by atoms with Crippen LogP contribution in [0.15, 0.2) is 17.8 Å². The second-order valence-electron chi connectivity index (χ2n) is 3.90. The molecule has 2 aromatic heterocycles. The Labute approximate surface area is 109 Å². The topological polar surface area (TPSA) is 91.8 Å². The van der Waals surface area contributed by atoms with Crippen molar-refractivity contribution in [3.05, 3.63) is 33.9 Å². The van der Waals surface area contributed by atoms with Crippen LogP contribution >= 0.6 is 11.3 Å². The first-order valence-corrected chi connectivity index (χ1v) is 6.23. The molecule has 0 saturated heterocycles. The molecule has 0 unspecified atom stereocenters. The number of nitrogens with two attached hydrogens (primary N) is 1. The van der Waals surface area contributed by atoms with Gasteiger partial charge in [0, 0.05) is 11.9 Å². The molecule has 0 radical (unpaired) electrons. The van der Waals surface area contributed by atoms with Crippen molar-refractivity contribution in [2.24, 2.45) is 5.73 Å². The van der Waals surface area contributed by atoms with Gasteiger partial charge in [0.2, 0.25) is 0 Å². The van der Waals surface area contributed by atoms with E-state index in [4.69, 9.17) is 11.1 Å². The van der Waals surface area contributed by atoms with Crippen LogP contribution < -0.4 is 10.6 Å². The number of nitrogens with zero attached hydrogens (tertiary/aromatic N) is 4. The Balaban J connectivity index is 2.26. The minimum Gasteiger partial charge on any atom is -0.384 e. The Kier molecular flexibility index (Phi) is 3.52. The molecule has 94 valence electrons. The van der Waals surface area contributed by atoms with Crippen LogP contribution in [0.1, 0.15) is 16.1 Å². The molecule has 0 aliphatic carbocycles. The Bertz CT molecular complexity index is 564. The van der Waals surface area contributed by atoms with Gasteiger partial charge in [-0.1, -0.05) is 0 Å². The first-order chi connectivity index (χ1) is 8.59. The molecule has 0 saturated carbocycles. The Hall–Kier alpha value is -2.02. The van der Waals surface area contributed by atoms with Gasteiger partial charge in [-0.15, -0.1) is 16.4 Å². The summed E-state index contributed by atoms with van der Waals surface area (Å²) in [6, 6.07) is 1.70. The number of amidine groups is 1. The highest BCUT2D eigenvalue weighted by atomic mass is 32.1. The number of nitrogen functional groups attached to an aromatic ring is 1. The lowest BCUT2D eigenvalue weighted by Crippen LogP contribution is -2.23. The number of anilines is 1. The summed E-state index contributed by atoms with van der Waals surface area (Å²) in [5.41, 5.74) is 8.96. The standard InChI is InChI=1S/C11H14N6S/c1-7-9(18-6-14-7)5-17(2)11-8(10(12)13)3-4-15-16-11/h3-4,6H,5H2,1-2H3,(H3,12,13). The highest BCUT2D eigenvalue weighted by molar-refractivity contribution is 7.09. The van der Waals surface area contributed by atoms with Crippen molar-refractivity contribution in [3.63, 3.8) is 0 Å². The van der Waals surface area contributed by atoms with E-state index in [0.29, 0.717) is 17.9 Å². The molecule has 0 spiro atoms. The molecule has 0 bridgehead atoms. The zero-order valence-corrected chi connectivity index (χ0v) is 11.0. The molecule has 0 aromatic carbocycles. The first-order valence-electron chi connectivity index (χ1n) is 5.35. The van der Waals surface area contributed by atoms with Crippen LogP contribution in [0.25, 0.3) is 0 Å². The van der Waals surface area contributed by atoms with E-state index in [2.05, 4.69) is 15.2 Å². The van der Waals surface area contributed by atoms with Crippen molar-refractivity contribution in [1.29, 1.82) is 5.41 Å². The normalized spacial score (nSPS) is 10.3.